The van der Waals surface area contributed by atoms with Gasteiger partial charge in [-0.15, -0.1) is 0 Å². The van der Waals surface area contributed by atoms with Gasteiger partial charge in [0.05, 0.1) is 30.9 Å². The molecule has 2 aromatic rings. The average Bonchev–Trinajstić information content (AvgIpc) is 3.19. The van der Waals surface area contributed by atoms with Crippen molar-refractivity contribution in [1.29, 1.82) is 0 Å². The number of hydrogen-bond donors (Lipinski definition) is 1. The minimum Gasteiger partial charge on any atom is -0.384 e. The van der Waals surface area contributed by atoms with E-state index in [0.717, 1.165) is 32.5 Å². The molecule has 1 saturated heterocycles. The summed E-state index contributed by atoms with van der Waals surface area (Å²) >= 11 is 0. The third-order valence-corrected chi connectivity index (χ3v) is 4.49. The summed E-state index contributed by atoms with van der Waals surface area (Å²) in [6.45, 7) is 2.86. The summed E-state index contributed by atoms with van der Waals surface area (Å²) in [5.41, 5.74) is 5.17. The van der Waals surface area contributed by atoms with E-state index in [4.69, 9.17) is 4.74 Å². The first kappa shape index (κ1) is 12.9. The lowest BCUT2D eigenvalue weighted by Crippen LogP contribution is -2.16. The van der Waals surface area contributed by atoms with Crippen molar-refractivity contribution in [2.24, 2.45) is 0 Å². The standard InChI is InChI=1S/C17H21N3O/c1-4-13-5-2-8-19-17(13)15(7-1)16-10-18-12-20(16)11-14-6-3-9-21-14/h1,4,7,10,12,14,19H,2-3,5-6,8-9,11H2. The number of nitrogens with one attached hydrogen (secondary N) is 1. The zero-order chi connectivity index (χ0) is 14.1. The smallest absolute Gasteiger partial charge is 0.0951 e. The van der Waals surface area contributed by atoms with E-state index in [1.165, 1.54) is 35.3 Å². The number of aromatic nitrogens is 2. The van der Waals surface area contributed by atoms with Crippen LogP contribution in [0, 0.1) is 0 Å². The summed E-state index contributed by atoms with van der Waals surface area (Å²) in [5, 5.41) is 3.57. The van der Waals surface area contributed by atoms with E-state index in [-0.39, 0.29) is 0 Å². The molecule has 0 spiro atoms. The fraction of sp³-hybridized carbons (Fsp3) is 0.471. The summed E-state index contributed by atoms with van der Waals surface area (Å²) in [4.78, 5) is 4.37. The van der Waals surface area contributed by atoms with Crippen LogP contribution in [0.25, 0.3) is 11.3 Å². The van der Waals surface area contributed by atoms with Crippen LogP contribution in [0.4, 0.5) is 5.69 Å². The molecule has 3 heterocycles. The lowest BCUT2D eigenvalue weighted by molar-refractivity contribution is 0.0973. The molecule has 4 rings (SSSR count). The first-order chi connectivity index (χ1) is 10.4. The maximum atomic E-state index is 5.77. The second-order valence-corrected chi connectivity index (χ2v) is 5.94. The highest BCUT2D eigenvalue weighted by Crippen LogP contribution is 2.34. The zero-order valence-corrected chi connectivity index (χ0v) is 12.2. The van der Waals surface area contributed by atoms with E-state index in [1.807, 2.05) is 12.5 Å². The van der Waals surface area contributed by atoms with Gasteiger partial charge in [0.2, 0.25) is 0 Å². The van der Waals surface area contributed by atoms with E-state index in [2.05, 4.69) is 33.1 Å². The highest BCUT2D eigenvalue weighted by Gasteiger charge is 2.20. The van der Waals surface area contributed by atoms with Crippen LogP contribution in [0.3, 0.4) is 0 Å². The second kappa shape index (κ2) is 5.53. The van der Waals surface area contributed by atoms with Gasteiger partial charge in [-0.1, -0.05) is 18.2 Å². The average molecular weight is 283 g/mol. The lowest BCUT2D eigenvalue weighted by atomic mass is 9.98. The predicted molar refractivity (Wildman–Crippen MR) is 83.4 cm³/mol. The Morgan fingerprint density at radius 3 is 3.24 bits per heavy atom. The number of hydrogen-bond acceptors (Lipinski definition) is 3. The van der Waals surface area contributed by atoms with Crippen molar-refractivity contribution in [3.05, 3.63) is 36.3 Å². The molecular formula is C17H21N3O. The Bertz CT molecular complexity index is 629. The van der Waals surface area contributed by atoms with Gasteiger partial charge in [-0.2, -0.15) is 0 Å². The van der Waals surface area contributed by atoms with Crippen LogP contribution >= 0.6 is 0 Å². The van der Waals surface area contributed by atoms with Crippen molar-refractivity contribution in [2.75, 3.05) is 18.5 Å². The van der Waals surface area contributed by atoms with Gasteiger partial charge >= 0.3 is 0 Å². The first-order valence-corrected chi connectivity index (χ1v) is 7.90. The number of nitrogens with zero attached hydrogens (tertiary/aromatic N) is 2. The summed E-state index contributed by atoms with van der Waals surface area (Å²) in [6.07, 6.45) is 8.95. The molecule has 2 aliphatic heterocycles. The van der Waals surface area contributed by atoms with Crippen molar-refractivity contribution < 1.29 is 4.74 Å². The quantitative estimate of drug-likeness (QED) is 0.941. The molecule has 1 aromatic heterocycles. The predicted octanol–water partition coefficient (Wildman–Crippen LogP) is 3.09. The highest BCUT2D eigenvalue weighted by atomic mass is 16.5. The Morgan fingerprint density at radius 2 is 2.33 bits per heavy atom. The van der Waals surface area contributed by atoms with Crippen molar-refractivity contribution in [3.8, 4) is 11.3 Å². The number of imidazole rings is 1. The van der Waals surface area contributed by atoms with Crippen LogP contribution < -0.4 is 5.32 Å². The van der Waals surface area contributed by atoms with Gasteiger partial charge in [0.25, 0.3) is 0 Å². The van der Waals surface area contributed by atoms with Crippen LogP contribution in [-0.4, -0.2) is 28.8 Å². The Morgan fingerprint density at radius 1 is 1.33 bits per heavy atom. The van der Waals surface area contributed by atoms with Gasteiger partial charge in [-0.05, 0) is 31.2 Å². The zero-order valence-electron chi connectivity index (χ0n) is 12.2. The van der Waals surface area contributed by atoms with Crippen LogP contribution in [-0.2, 0) is 17.7 Å². The van der Waals surface area contributed by atoms with Crippen LogP contribution in [0.2, 0.25) is 0 Å². The molecule has 1 unspecified atom stereocenters. The largest absolute Gasteiger partial charge is 0.384 e. The number of benzene rings is 1. The molecule has 1 N–H and O–H groups in total. The third kappa shape index (κ3) is 2.44. The van der Waals surface area contributed by atoms with E-state index < -0.39 is 0 Å². The number of anilines is 1. The number of rotatable bonds is 3. The van der Waals surface area contributed by atoms with Crippen molar-refractivity contribution >= 4 is 5.69 Å². The van der Waals surface area contributed by atoms with Crippen LogP contribution in [0.1, 0.15) is 24.8 Å². The van der Waals surface area contributed by atoms with E-state index >= 15 is 0 Å². The minimum atomic E-state index is 0.338. The Hall–Kier alpha value is -1.81. The molecule has 21 heavy (non-hydrogen) atoms. The highest BCUT2D eigenvalue weighted by molar-refractivity contribution is 5.78. The summed E-state index contributed by atoms with van der Waals surface area (Å²) < 4.78 is 8.00. The van der Waals surface area contributed by atoms with Gasteiger partial charge in [-0.3, -0.25) is 0 Å². The molecule has 0 bridgehead atoms. The molecular weight excluding hydrogens is 262 g/mol. The Labute approximate surface area is 125 Å². The molecule has 4 heteroatoms. The number of aryl methyl sites for hydroxylation is 1. The number of ether oxygens (including phenoxy) is 1. The Kier molecular flexibility index (Phi) is 3.39. The molecule has 1 atom stereocenters. The number of para-hydroxylation sites is 1. The van der Waals surface area contributed by atoms with Crippen molar-refractivity contribution in [1.82, 2.24) is 9.55 Å². The van der Waals surface area contributed by atoms with Gasteiger partial charge in [0.1, 0.15) is 0 Å². The fourth-order valence-electron chi connectivity index (χ4n) is 3.42. The van der Waals surface area contributed by atoms with Gasteiger partial charge in [0, 0.05) is 24.4 Å². The molecule has 0 saturated carbocycles. The van der Waals surface area contributed by atoms with Crippen LogP contribution in [0.5, 0.6) is 0 Å². The normalized spacial score (nSPS) is 21.0. The van der Waals surface area contributed by atoms with E-state index in [9.17, 15) is 0 Å². The SMILES string of the molecule is c1cc2c(c(-c3cncn3CC3CCCO3)c1)NCCC2. The van der Waals surface area contributed by atoms with Gasteiger partial charge < -0.3 is 14.6 Å². The molecule has 0 amide bonds. The maximum absolute atomic E-state index is 5.77. The molecule has 1 aromatic carbocycles. The van der Waals surface area contributed by atoms with E-state index in [0.29, 0.717) is 6.10 Å². The summed E-state index contributed by atoms with van der Waals surface area (Å²) in [5.74, 6) is 0. The molecule has 1 fully saturated rings. The lowest BCUT2D eigenvalue weighted by Gasteiger charge is -2.22. The fourth-order valence-corrected chi connectivity index (χ4v) is 3.42. The Balaban J connectivity index is 1.69. The first-order valence-electron chi connectivity index (χ1n) is 7.90. The molecule has 2 aliphatic rings. The molecule has 0 radical (unpaired) electrons. The topological polar surface area (TPSA) is 39.1 Å². The third-order valence-electron chi connectivity index (χ3n) is 4.49. The number of fused-ring (bicyclic) bond motifs is 1. The van der Waals surface area contributed by atoms with Crippen molar-refractivity contribution in [2.45, 2.75) is 38.3 Å². The van der Waals surface area contributed by atoms with Gasteiger partial charge in [0.15, 0.2) is 0 Å². The van der Waals surface area contributed by atoms with Crippen LogP contribution in [0.15, 0.2) is 30.7 Å². The second-order valence-electron chi connectivity index (χ2n) is 5.94. The molecule has 0 aliphatic carbocycles. The molecule has 110 valence electrons. The van der Waals surface area contributed by atoms with Gasteiger partial charge in [-0.25, -0.2) is 4.98 Å². The molecule has 4 nitrogen and oxygen atoms in total. The monoisotopic (exact) mass is 283 g/mol. The van der Waals surface area contributed by atoms with E-state index in [1.54, 1.807) is 0 Å². The minimum absolute atomic E-state index is 0.338. The summed E-state index contributed by atoms with van der Waals surface area (Å²) in [7, 11) is 0. The van der Waals surface area contributed by atoms with Crippen molar-refractivity contribution in [3.63, 3.8) is 0 Å². The summed E-state index contributed by atoms with van der Waals surface area (Å²) in [6, 6.07) is 6.58. The maximum Gasteiger partial charge on any atom is 0.0951 e.